The number of hydrogen-bond donors (Lipinski definition) is 4. The molecule has 0 spiro atoms. The van der Waals surface area contributed by atoms with Crippen LogP contribution in [-0.4, -0.2) is 53.4 Å². The van der Waals surface area contributed by atoms with Gasteiger partial charge in [-0.2, -0.15) is 0 Å². The molecule has 9 nitrogen and oxygen atoms in total. The molecule has 0 aromatic rings. The van der Waals surface area contributed by atoms with Crippen molar-refractivity contribution in [3.05, 3.63) is 22.7 Å². The number of ether oxygens (including phenoxy) is 3. The Kier molecular flexibility index (Phi) is 3.20. The Bertz CT molecular complexity index is 641. The molecular weight excluding hydrogens is 308 g/mol. The van der Waals surface area contributed by atoms with E-state index in [-0.39, 0.29) is 0 Å². The predicted octanol–water partition coefficient (Wildman–Crippen LogP) is -1.67. The van der Waals surface area contributed by atoms with Crippen molar-refractivity contribution in [2.75, 3.05) is 6.54 Å². The van der Waals surface area contributed by atoms with E-state index < -0.39 is 36.7 Å². The number of allylic oxidation sites excluding steroid dienone is 1. The van der Waals surface area contributed by atoms with Gasteiger partial charge in [-0.15, -0.1) is 0 Å². The van der Waals surface area contributed by atoms with Gasteiger partial charge in [-0.05, 0) is 18.4 Å². The molecule has 0 amide bonds. The fourth-order valence-electron chi connectivity index (χ4n) is 3.16. The number of carbonyl (C=O) groups excluding carboxylic acids is 2. The van der Waals surface area contributed by atoms with Crippen LogP contribution in [0.3, 0.4) is 0 Å². The average molecular weight is 324 g/mol. The molecule has 124 valence electrons. The number of fused-ring (bicyclic) bond motifs is 2. The standard InChI is InChI=1S/C14H16N2O7/c17-8-9(18)13(20)23-14-16-6-4-5-2-1-3-15-7(5)11(10(6)22-14)21-12(8)19/h8-9,11,14-18H,1-4H2. The SMILES string of the molecule is O=C1OC2NC3=C(O2)C(OC(=O)C(O)C1O)C1=C(CCCN1)C3. The van der Waals surface area contributed by atoms with Gasteiger partial charge in [0.1, 0.15) is 0 Å². The lowest BCUT2D eigenvalue weighted by molar-refractivity contribution is -0.198. The Morgan fingerprint density at radius 2 is 1.78 bits per heavy atom. The summed E-state index contributed by atoms with van der Waals surface area (Å²) in [6.45, 7) is 0.743. The molecule has 3 heterocycles. The van der Waals surface area contributed by atoms with Gasteiger partial charge in [0.15, 0.2) is 24.1 Å². The Morgan fingerprint density at radius 3 is 2.57 bits per heavy atom. The molecule has 2 bridgehead atoms. The van der Waals surface area contributed by atoms with E-state index >= 15 is 0 Å². The van der Waals surface area contributed by atoms with Gasteiger partial charge in [0, 0.05) is 13.0 Å². The van der Waals surface area contributed by atoms with Crippen LogP contribution in [0.5, 0.6) is 0 Å². The van der Waals surface area contributed by atoms with E-state index in [1.165, 1.54) is 0 Å². The molecule has 4 N–H and O–H groups in total. The zero-order chi connectivity index (χ0) is 16.1. The van der Waals surface area contributed by atoms with E-state index in [9.17, 15) is 19.8 Å². The third-order valence-electron chi connectivity index (χ3n) is 4.30. The van der Waals surface area contributed by atoms with Gasteiger partial charge in [-0.25, -0.2) is 9.59 Å². The zero-order valence-electron chi connectivity index (χ0n) is 12.1. The van der Waals surface area contributed by atoms with E-state index in [0.717, 1.165) is 30.7 Å². The van der Waals surface area contributed by atoms with Crippen molar-refractivity contribution in [1.82, 2.24) is 10.6 Å². The molecule has 1 fully saturated rings. The predicted molar refractivity (Wildman–Crippen MR) is 71.9 cm³/mol. The summed E-state index contributed by atoms with van der Waals surface area (Å²) in [5.74, 6) is -1.92. The van der Waals surface area contributed by atoms with E-state index in [2.05, 4.69) is 10.6 Å². The molecule has 4 aliphatic rings. The second-order valence-electron chi connectivity index (χ2n) is 5.80. The van der Waals surface area contributed by atoms with Crippen LogP contribution in [0, 0.1) is 0 Å². The van der Waals surface area contributed by atoms with Crippen LogP contribution in [-0.2, 0) is 23.8 Å². The van der Waals surface area contributed by atoms with Crippen molar-refractivity contribution in [2.24, 2.45) is 0 Å². The number of aliphatic hydroxyl groups is 2. The van der Waals surface area contributed by atoms with E-state index in [1.807, 2.05) is 0 Å². The van der Waals surface area contributed by atoms with Gasteiger partial charge < -0.3 is 35.1 Å². The maximum absolute atomic E-state index is 12.0. The lowest BCUT2D eigenvalue weighted by Gasteiger charge is -2.33. The zero-order valence-corrected chi connectivity index (χ0v) is 12.1. The summed E-state index contributed by atoms with van der Waals surface area (Å²) in [7, 11) is 0. The van der Waals surface area contributed by atoms with Crippen molar-refractivity contribution in [1.29, 1.82) is 0 Å². The highest BCUT2D eigenvalue weighted by Crippen LogP contribution is 2.38. The van der Waals surface area contributed by atoms with E-state index in [4.69, 9.17) is 14.2 Å². The molecule has 9 heteroatoms. The normalized spacial score (nSPS) is 36.3. The van der Waals surface area contributed by atoms with Crippen molar-refractivity contribution in [2.45, 2.75) is 44.0 Å². The van der Waals surface area contributed by atoms with Crippen LogP contribution in [0.4, 0.5) is 0 Å². The van der Waals surface area contributed by atoms with Gasteiger partial charge in [-0.3, -0.25) is 0 Å². The quantitative estimate of drug-likeness (QED) is 0.387. The number of aliphatic hydroxyl groups excluding tert-OH is 2. The highest BCUT2D eigenvalue weighted by atomic mass is 16.7. The molecule has 0 aromatic carbocycles. The third-order valence-corrected chi connectivity index (χ3v) is 4.30. The Morgan fingerprint density at radius 1 is 1.04 bits per heavy atom. The Hall–Kier alpha value is -2.26. The largest absolute Gasteiger partial charge is 0.446 e. The second-order valence-corrected chi connectivity index (χ2v) is 5.80. The second kappa shape index (κ2) is 5.14. The van der Waals surface area contributed by atoms with Crippen LogP contribution in [0.1, 0.15) is 19.3 Å². The molecule has 23 heavy (non-hydrogen) atoms. The number of hydrogen-bond acceptors (Lipinski definition) is 9. The molecule has 4 rings (SSSR count). The van der Waals surface area contributed by atoms with Crippen molar-refractivity contribution in [3.8, 4) is 0 Å². The molecule has 1 aliphatic carbocycles. The Balaban J connectivity index is 1.72. The number of carbonyl (C=O) groups is 2. The number of rotatable bonds is 0. The van der Waals surface area contributed by atoms with Crippen molar-refractivity contribution >= 4 is 11.9 Å². The van der Waals surface area contributed by atoms with Crippen LogP contribution in [0.25, 0.3) is 0 Å². The minimum atomic E-state index is -2.03. The summed E-state index contributed by atoms with van der Waals surface area (Å²) in [6, 6.07) is 0. The summed E-state index contributed by atoms with van der Waals surface area (Å²) in [5, 5.41) is 25.6. The lowest BCUT2D eigenvalue weighted by Crippen LogP contribution is -2.47. The summed E-state index contributed by atoms with van der Waals surface area (Å²) in [6.07, 6.45) is -3.63. The highest BCUT2D eigenvalue weighted by molar-refractivity contribution is 5.85. The van der Waals surface area contributed by atoms with Crippen LogP contribution in [0.15, 0.2) is 22.7 Å². The van der Waals surface area contributed by atoms with Crippen LogP contribution in [0.2, 0.25) is 0 Å². The molecule has 0 aromatic heterocycles. The fraction of sp³-hybridized carbons (Fsp3) is 0.571. The minimum Gasteiger partial charge on any atom is -0.446 e. The van der Waals surface area contributed by atoms with Gasteiger partial charge in [-0.1, -0.05) is 0 Å². The first-order valence-corrected chi connectivity index (χ1v) is 7.44. The fourth-order valence-corrected chi connectivity index (χ4v) is 3.16. The van der Waals surface area contributed by atoms with Crippen LogP contribution < -0.4 is 10.6 Å². The molecule has 4 atom stereocenters. The third kappa shape index (κ3) is 2.23. The summed E-state index contributed by atoms with van der Waals surface area (Å²) in [4.78, 5) is 23.8. The van der Waals surface area contributed by atoms with E-state index in [0.29, 0.717) is 17.9 Å². The van der Waals surface area contributed by atoms with Gasteiger partial charge in [0.25, 0.3) is 0 Å². The molecule has 0 radical (unpaired) electrons. The van der Waals surface area contributed by atoms with E-state index in [1.54, 1.807) is 0 Å². The summed E-state index contributed by atoms with van der Waals surface area (Å²) < 4.78 is 15.8. The summed E-state index contributed by atoms with van der Waals surface area (Å²) in [5.41, 5.74) is 2.48. The maximum atomic E-state index is 12.0. The maximum Gasteiger partial charge on any atom is 0.342 e. The summed E-state index contributed by atoms with van der Waals surface area (Å²) >= 11 is 0. The van der Waals surface area contributed by atoms with Gasteiger partial charge >= 0.3 is 18.4 Å². The minimum absolute atomic E-state index is 0.355. The molecule has 3 aliphatic heterocycles. The molecular formula is C14H16N2O7. The first-order chi connectivity index (χ1) is 11.0. The first-order valence-electron chi connectivity index (χ1n) is 7.44. The van der Waals surface area contributed by atoms with Crippen LogP contribution >= 0.6 is 0 Å². The molecule has 0 saturated carbocycles. The van der Waals surface area contributed by atoms with Crippen molar-refractivity contribution < 1.29 is 34.0 Å². The lowest BCUT2D eigenvalue weighted by atomic mass is 9.90. The number of nitrogens with one attached hydrogen (secondary N) is 2. The number of esters is 2. The molecule has 4 unspecified atom stereocenters. The average Bonchev–Trinajstić information content (AvgIpc) is 2.94. The smallest absolute Gasteiger partial charge is 0.342 e. The van der Waals surface area contributed by atoms with Gasteiger partial charge in [0.05, 0.1) is 11.4 Å². The first kappa shape index (κ1) is 14.3. The van der Waals surface area contributed by atoms with Gasteiger partial charge in [0.2, 0.25) is 0 Å². The Labute approximate surface area is 130 Å². The van der Waals surface area contributed by atoms with Crippen molar-refractivity contribution in [3.63, 3.8) is 0 Å². The monoisotopic (exact) mass is 324 g/mol. The highest BCUT2D eigenvalue weighted by Gasteiger charge is 2.46. The molecule has 1 saturated heterocycles. The topological polar surface area (TPSA) is 126 Å².